The van der Waals surface area contributed by atoms with Crippen LogP contribution in [0.15, 0.2) is 36.7 Å². The number of benzene rings is 1. The Morgan fingerprint density at radius 2 is 1.93 bits per heavy atom. The van der Waals surface area contributed by atoms with Crippen molar-refractivity contribution in [2.75, 3.05) is 18.5 Å². The molecule has 2 aromatic heterocycles. The van der Waals surface area contributed by atoms with E-state index in [1.807, 2.05) is 0 Å². The van der Waals surface area contributed by atoms with Gasteiger partial charge in [0.2, 0.25) is 0 Å². The maximum atomic E-state index is 5.87. The highest BCUT2D eigenvalue weighted by molar-refractivity contribution is 5.87. The first-order valence-electron chi connectivity index (χ1n) is 10.8. The van der Waals surface area contributed by atoms with Crippen molar-refractivity contribution in [1.82, 2.24) is 19.9 Å². The average Bonchev–Trinajstić information content (AvgIpc) is 3.24. The van der Waals surface area contributed by atoms with Gasteiger partial charge in [-0.2, -0.15) is 0 Å². The Bertz CT molecular complexity index is 1030. The van der Waals surface area contributed by atoms with Crippen LogP contribution < -0.4 is 5.32 Å². The van der Waals surface area contributed by atoms with E-state index in [2.05, 4.69) is 62.4 Å². The standard InChI is InChI=1S/C23H27N5O/c1-14-10-19-22(26-14)24-13-25-23(19)27-21-18-5-3-2-4-15(18)6-9-20(21)28-16-7-8-17(28)12-29-11-16/h2-5,10,13,16-17,20-21H,6-9,11-12H2,1H3,(H2,24,25,26,27). The molecule has 4 atom stereocenters. The van der Waals surface area contributed by atoms with Crippen LogP contribution in [-0.4, -0.2) is 51.2 Å². The Kier molecular flexibility index (Phi) is 4.09. The highest BCUT2D eigenvalue weighted by Crippen LogP contribution is 2.42. The number of rotatable bonds is 3. The van der Waals surface area contributed by atoms with E-state index < -0.39 is 0 Å². The van der Waals surface area contributed by atoms with E-state index in [9.17, 15) is 0 Å². The highest BCUT2D eigenvalue weighted by atomic mass is 16.5. The molecule has 29 heavy (non-hydrogen) atoms. The molecule has 6 heteroatoms. The molecule has 0 spiro atoms. The number of aromatic nitrogens is 3. The second kappa shape index (κ2) is 6.82. The highest BCUT2D eigenvalue weighted by Gasteiger charge is 2.45. The smallest absolute Gasteiger partial charge is 0.143 e. The molecule has 2 fully saturated rings. The van der Waals surface area contributed by atoms with Gasteiger partial charge >= 0.3 is 0 Å². The van der Waals surface area contributed by atoms with Crippen molar-refractivity contribution in [2.24, 2.45) is 0 Å². The molecule has 1 aromatic carbocycles. The largest absolute Gasteiger partial charge is 0.378 e. The minimum atomic E-state index is 0.217. The van der Waals surface area contributed by atoms with Crippen LogP contribution in [0, 0.1) is 6.92 Å². The summed E-state index contributed by atoms with van der Waals surface area (Å²) in [6.07, 6.45) is 6.47. The van der Waals surface area contributed by atoms with Gasteiger partial charge in [-0.15, -0.1) is 0 Å². The topological polar surface area (TPSA) is 66.1 Å². The van der Waals surface area contributed by atoms with Crippen molar-refractivity contribution in [3.8, 4) is 0 Å². The van der Waals surface area contributed by atoms with Gasteiger partial charge in [0.15, 0.2) is 0 Å². The fraction of sp³-hybridized carbons (Fsp3) is 0.478. The number of ether oxygens (including phenoxy) is 1. The first kappa shape index (κ1) is 17.4. The van der Waals surface area contributed by atoms with E-state index in [1.165, 1.54) is 30.4 Å². The van der Waals surface area contributed by atoms with Crippen LogP contribution >= 0.6 is 0 Å². The van der Waals surface area contributed by atoms with Gasteiger partial charge in [0.05, 0.1) is 24.6 Å². The number of anilines is 1. The minimum absolute atomic E-state index is 0.217. The molecule has 3 aliphatic rings. The number of nitrogens with one attached hydrogen (secondary N) is 2. The van der Waals surface area contributed by atoms with Gasteiger partial charge in [-0.25, -0.2) is 9.97 Å². The fourth-order valence-electron chi connectivity index (χ4n) is 5.77. The van der Waals surface area contributed by atoms with Crippen molar-refractivity contribution in [3.05, 3.63) is 53.5 Å². The van der Waals surface area contributed by atoms with Crippen LogP contribution in [-0.2, 0) is 11.2 Å². The molecule has 1 aliphatic carbocycles. The molecule has 6 nitrogen and oxygen atoms in total. The zero-order valence-electron chi connectivity index (χ0n) is 16.8. The number of aromatic amines is 1. The van der Waals surface area contributed by atoms with Gasteiger partial charge in [-0.1, -0.05) is 24.3 Å². The summed E-state index contributed by atoms with van der Waals surface area (Å²) in [5.41, 5.74) is 4.87. The van der Waals surface area contributed by atoms with Gasteiger partial charge in [0.1, 0.15) is 17.8 Å². The summed E-state index contributed by atoms with van der Waals surface area (Å²) in [6.45, 7) is 3.81. The molecule has 6 rings (SSSR count). The normalized spacial score (nSPS) is 29.1. The maximum absolute atomic E-state index is 5.87. The third kappa shape index (κ3) is 2.85. The third-order valence-corrected chi connectivity index (χ3v) is 7.02. The Morgan fingerprint density at radius 3 is 2.79 bits per heavy atom. The molecule has 2 aliphatic heterocycles. The van der Waals surface area contributed by atoms with Crippen molar-refractivity contribution in [3.63, 3.8) is 0 Å². The average molecular weight is 390 g/mol. The number of fused-ring (bicyclic) bond motifs is 4. The van der Waals surface area contributed by atoms with Crippen LogP contribution in [0.25, 0.3) is 11.0 Å². The summed E-state index contributed by atoms with van der Waals surface area (Å²) in [7, 11) is 0. The van der Waals surface area contributed by atoms with Crippen LogP contribution in [0.1, 0.15) is 42.1 Å². The molecular formula is C23H27N5O. The second-order valence-electron chi connectivity index (χ2n) is 8.73. The summed E-state index contributed by atoms with van der Waals surface area (Å²) in [4.78, 5) is 15.2. The van der Waals surface area contributed by atoms with Crippen LogP contribution in [0.3, 0.4) is 0 Å². The number of H-pyrrole nitrogens is 1. The Hall–Kier alpha value is -2.44. The predicted octanol–water partition coefficient (Wildman–Crippen LogP) is 3.60. The van der Waals surface area contributed by atoms with E-state index in [4.69, 9.17) is 4.74 Å². The zero-order chi connectivity index (χ0) is 19.4. The van der Waals surface area contributed by atoms with E-state index in [0.29, 0.717) is 18.1 Å². The number of morpholine rings is 1. The lowest BCUT2D eigenvalue weighted by atomic mass is 9.82. The predicted molar refractivity (Wildman–Crippen MR) is 113 cm³/mol. The van der Waals surface area contributed by atoms with Crippen LogP contribution in [0.4, 0.5) is 5.82 Å². The lowest BCUT2D eigenvalue weighted by Gasteiger charge is -2.46. The summed E-state index contributed by atoms with van der Waals surface area (Å²) in [5.74, 6) is 0.923. The molecule has 2 bridgehead atoms. The number of nitrogens with zero attached hydrogens (tertiary/aromatic N) is 3. The Labute approximate surface area is 170 Å². The second-order valence-corrected chi connectivity index (χ2v) is 8.73. The van der Waals surface area contributed by atoms with Gasteiger partial charge in [-0.3, -0.25) is 4.90 Å². The molecule has 2 N–H and O–H groups in total. The van der Waals surface area contributed by atoms with Gasteiger partial charge in [0.25, 0.3) is 0 Å². The van der Waals surface area contributed by atoms with Crippen LogP contribution in [0.2, 0.25) is 0 Å². The molecule has 3 aromatic rings. The molecule has 0 radical (unpaired) electrons. The quantitative estimate of drug-likeness (QED) is 0.717. The zero-order valence-corrected chi connectivity index (χ0v) is 16.8. The number of hydrogen-bond donors (Lipinski definition) is 2. The Morgan fingerprint density at radius 1 is 1.10 bits per heavy atom. The first-order valence-corrected chi connectivity index (χ1v) is 10.8. The molecule has 2 saturated heterocycles. The summed E-state index contributed by atoms with van der Waals surface area (Å²) < 4.78 is 5.87. The van der Waals surface area contributed by atoms with Crippen molar-refractivity contribution < 1.29 is 4.74 Å². The molecule has 0 saturated carbocycles. The number of hydrogen-bond acceptors (Lipinski definition) is 5. The van der Waals surface area contributed by atoms with E-state index in [-0.39, 0.29) is 6.04 Å². The van der Waals surface area contributed by atoms with E-state index in [0.717, 1.165) is 42.2 Å². The maximum Gasteiger partial charge on any atom is 0.143 e. The van der Waals surface area contributed by atoms with Crippen molar-refractivity contribution >= 4 is 16.9 Å². The van der Waals surface area contributed by atoms with Gasteiger partial charge in [-0.05, 0) is 49.8 Å². The fourth-order valence-corrected chi connectivity index (χ4v) is 5.77. The molecule has 150 valence electrons. The molecule has 4 unspecified atom stereocenters. The SMILES string of the molecule is Cc1cc2c(NC3c4ccccc4CCC3N3C4CCC3COC4)ncnc2[nH]1. The molecule has 4 heterocycles. The summed E-state index contributed by atoms with van der Waals surface area (Å²) >= 11 is 0. The van der Waals surface area contributed by atoms with Gasteiger partial charge < -0.3 is 15.0 Å². The molecule has 0 amide bonds. The monoisotopic (exact) mass is 389 g/mol. The van der Waals surface area contributed by atoms with Crippen molar-refractivity contribution in [2.45, 2.75) is 56.8 Å². The van der Waals surface area contributed by atoms with Gasteiger partial charge in [0, 0.05) is 23.8 Å². The third-order valence-electron chi connectivity index (χ3n) is 7.02. The lowest BCUT2D eigenvalue weighted by Crippen LogP contribution is -2.55. The Balaban J connectivity index is 1.42. The lowest BCUT2D eigenvalue weighted by molar-refractivity contribution is -0.0431. The summed E-state index contributed by atoms with van der Waals surface area (Å²) in [6, 6.07) is 12.8. The summed E-state index contributed by atoms with van der Waals surface area (Å²) in [5, 5.41) is 4.92. The van der Waals surface area contributed by atoms with E-state index in [1.54, 1.807) is 6.33 Å². The minimum Gasteiger partial charge on any atom is -0.378 e. The van der Waals surface area contributed by atoms with E-state index >= 15 is 0 Å². The molecular weight excluding hydrogens is 362 g/mol. The van der Waals surface area contributed by atoms with Crippen molar-refractivity contribution in [1.29, 1.82) is 0 Å². The first-order chi connectivity index (χ1) is 14.3. The number of aryl methyl sites for hydroxylation is 2. The van der Waals surface area contributed by atoms with Crippen LogP contribution in [0.5, 0.6) is 0 Å².